The molecular weight excluding hydrogens is 325 g/mol. The molecule has 1 aromatic rings. The molecule has 0 aliphatic rings. The molecule has 0 atom stereocenters. The number of hydrogen-bond acceptors (Lipinski definition) is 4. The predicted molar refractivity (Wildman–Crippen MR) is 86.7 cm³/mol. The topological polar surface area (TPSA) is 87.7 Å². The molecule has 0 spiro atoms. The molecular formula is C14H22FN3O4S. The monoisotopic (exact) mass is 347 g/mol. The van der Waals surface area contributed by atoms with Gasteiger partial charge in [0.2, 0.25) is 10.0 Å². The molecule has 0 radical (unpaired) electrons. The number of sulfonamides is 1. The highest BCUT2D eigenvalue weighted by Crippen LogP contribution is 2.20. The molecule has 130 valence electrons. The highest BCUT2D eigenvalue weighted by atomic mass is 32.2. The van der Waals surface area contributed by atoms with Crippen molar-refractivity contribution in [2.45, 2.75) is 13.3 Å². The van der Waals surface area contributed by atoms with Gasteiger partial charge in [-0.15, -0.1) is 0 Å². The van der Waals surface area contributed by atoms with E-state index in [4.69, 9.17) is 4.74 Å². The summed E-state index contributed by atoms with van der Waals surface area (Å²) in [6.07, 6.45) is 0.472. The van der Waals surface area contributed by atoms with Crippen LogP contribution in [0.25, 0.3) is 0 Å². The number of carbonyl (C=O) groups is 1. The van der Waals surface area contributed by atoms with Gasteiger partial charge in [0.25, 0.3) is 0 Å². The van der Waals surface area contributed by atoms with Crippen LogP contribution in [0, 0.1) is 5.82 Å². The molecule has 0 saturated heterocycles. The lowest BCUT2D eigenvalue weighted by molar-refractivity contribution is 0.251. The van der Waals surface area contributed by atoms with Crippen molar-refractivity contribution in [3.05, 3.63) is 24.0 Å². The Bertz CT molecular complexity index is 637. The van der Waals surface area contributed by atoms with Crippen LogP contribution >= 0.6 is 0 Å². The zero-order valence-corrected chi connectivity index (χ0v) is 14.2. The van der Waals surface area contributed by atoms with Gasteiger partial charge in [0.05, 0.1) is 12.9 Å². The van der Waals surface area contributed by atoms with E-state index in [2.05, 4.69) is 10.6 Å². The molecule has 23 heavy (non-hydrogen) atoms. The van der Waals surface area contributed by atoms with Crippen LogP contribution < -0.4 is 15.4 Å². The van der Waals surface area contributed by atoms with Crippen LogP contribution in [-0.4, -0.2) is 51.8 Å². The van der Waals surface area contributed by atoms with Gasteiger partial charge in [-0.1, -0.05) is 0 Å². The molecule has 0 fully saturated rings. The number of anilines is 1. The Morgan fingerprint density at radius 2 is 2.09 bits per heavy atom. The third kappa shape index (κ3) is 6.03. The van der Waals surface area contributed by atoms with Crippen molar-refractivity contribution < 1.29 is 22.3 Å². The van der Waals surface area contributed by atoms with Crippen molar-refractivity contribution in [3.8, 4) is 5.75 Å². The third-order valence-corrected chi connectivity index (χ3v) is 5.05. The van der Waals surface area contributed by atoms with Crippen LogP contribution in [0.15, 0.2) is 18.2 Å². The van der Waals surface area contributed by atoms with Crippen molar-refractivity contribution in [1.29, 1.82) is 0 Å². The summed E-state index contributed by atoms with van der Waals surface area (Å²) in [7, 11) is -0.353. The lowest BCUT2D eigenvalue weighted by Gasteiger charge is -2.16. The maximum Gasteiger partial charge on any atom is 0.319 e. The largest absolute Gasteiger partial charge is 0.494 e. The van der Waals surface area contributed by atoms with E-state index >= 15 is 0 Å². The molecule has 7 nitrogen and oxygen atoms in total. The van der Waals surface area contributed by atoms with Crippen molar-refractivity contribution >= 4 is 21.7 Å². The first-order valence-electron chi connectivity index (χ1n) is 7.12. The van der Waals surface area contributed by atoms with Gasteiger partial charge in [-0.25, -0.2) is 21.9 Å². The van der Waals surface area contributed by atoms with Gasteiger partial charge in [0.1, 0.15) is 0 Å². The molecule has 0 aliphatic heterocycles. The molecule has 2 N–H and O–H groups in total. The fourth-order valence-electron chi connectivity index (χ4n) is 1.78. The summed E-state index contributed by atoms with van der Waals surface area (Å²) in [6.45, 7) is 2.19. The highest BCUT2D eigenvalue weighted by Gasteiger charge is 2.14. The number of methoxy groups -OCH3 is 1. The van der Waals surface area contributed by atoms with E-state index in [-0.39, 0.29) is 11.5 Å². The number of ether oxygens (including phenoxy) is 1. The first-order chi connectivity index (χ1) is 10.8. The zero-order valence-electron chi connectivity index (χ0n) is 13.4. The maximum absolute atomic E-state index is 13.5. The lowest BCUT2D eigenvalue weighted by atomic mass is 10.3. The van der Waals surface area contributed by atoms with E-state index in [1.807, 2.05) is 0 Å². The molecule has 1 aromatic carbocycles. The fraction of sp³-hybridized carbons (Fsp3) is 0.500. The van der Waals surface area contributed by atoms with Crippen LogP contribution in [0.3, 0.4) is 0 Å². The molecule has 0 saturated carbocycles. The molecule has 0 aliphatic carbocycles. The second-order valence-corrected chi connectivity index (χ2v) is 7.17. The number of hydrogen-bond donors (Lipinski definition) is 2. The van der Waals surface area contributed by atoms with Gasteiger partial charge >= 0.3 is 6.03 Å². The SMILES string of the molecule is CCS(=O)(=O)N(C)CCCNC(=O)Nc1ccc(OC)c(F)c1. The number of rotatable bonds is 8. The molecule has 0 unspecified atom stereocenters. The summed E-state index contributed by atoms with van der Waals surface area (Å²) in [6, 6.07) is 3.59. The molecule has 0 bridgehead atoms. The number of urea groups is 1. The van der Waals surface area contributed by atoms with Crippen molar-refractivity contribution in [1.82, 2.24) is 9.62 Å². The quantitative estimate of drug-likeness (QED) is 0.700. The van der Waals surface area contributed by atoms with Gasteiger partial charge in [-0.2, -0.15) is 0 Å². The van der Waals surface area contributed by atoms with E-state index < -0.39 is 21.9 Å². The van der Waals surface area contributed by atoms with Gasteiger partial charge in [-0.3, -0.25) is 0 Å². The lowest BCUT2D eigenvalue weighted by Crippen LogP contribution is -2.34. The second kappa shape index (κ2) is 8.68. The molecule has 2 amide bonds. The minimum atomic E-state index is -3.21. The van der Waals surface area contributed by atoms with E-state index in [9.17, 15) is 17.6 Å². The zero-order chi connectivity index (χ0) is 17.5. The summed E-state index contributed by atoms with van der Waals surface area (Å²) >= 11 is 0. The van der Waals surface area contributed by atoms with Gasteiger partial charge in [0.15, 0.2) is 11.6 Å². The minimum Gasteiger partial charge on any atom is -0.494 e. The average molecular weight is 347 g/mol. The van der Waals surface area contributed by atoms with Crippen LogP contribution in [-0.2, 0) is 10.0 Å². The Labute approximate surface area is 135 Å². The van der Waals surface area contributed by atoms with E-state index in [1.54, 1.807) is 6.92 Å². The average Bonchev–Trinajstić information content (AvgIpc) is 2.51. The summed E-state index contributed by atoms with van der Waals surface area (Å²) in [5.41, 5.74) is 0.298. The van der Waals surface area contributed by atoms with Crippen molar-refractivity contribution in [2.24, 2.45) is 0 Å². The number of benzene rings is 1. The summed E-state index contributed by atoms with van der Waals surface area (Å²) in [4.78, 5) is 11.7. The summed E-state index contributed by atoms with van der Waals surface area (Å²) < 4.78 is 42.6. The smallest absolute Gasteiger partial charge is 0.319 e. The van der Waals surface area contributed by atoms with Gasteiger partial charge in [0, 0.05) is 31.9 Å². The minimum absolute atomic E-state index is 0.0421. The Hall–Kier alpha value is -1.87. The van der Waals surface area contributed by atoms with Gasteiger partial charge < -0.3 is 15.4 Å². The van der Waals surface area contributed by atoms with E-state index in [0.29, 0.717) is 25.2 Å². The number of halogens is 1. The number of carbonyl (C=O) groups excluding carboxylic acids is 1. The highest BCUT2D eigenvalue weighted by molar-refractivity contribution is 7.89. The Morgan fingerprint density at radius 3 is 2.65 bits per heavy atom. The number of nitrogens with one attached hydrogen (secondary N) is 2. The van der Waals surface area contributed by atoms with E-state index in [0.717, 1.165) is 6.07 Å². The Kier molecular flexibility index (Phi) is 7.24. The predicted octanol–water partition coefficient (Wildman–Crippen LogP) is 1.63. The maximum atomic E-state index is 13.5. The van der Waals surface area contributed by atoms with Crippen LogP contribution in [0.5, 0.6) is 5.75 Å². The first-order valence-corrected chi connectivity index (χ1v) is 8.73. The Balaban J connectivity index is 2.36. The number of amides is 2. The van der Waals surface area contributed by atoms with Crippen molar-refractivity contribution in [2.75, 3.05) is 38.3 Å². The van der Waals surface area contributed by atoms with E-state index in [1.165, 1.54) is 30.6 Å². The van der Waals surface area contributed by atoms with Crippen LogP contribution in [0.4, 0.5) is 14.9 Å². The summed E-state index contributed by atoms with van der Waals surface area (Å²) in [5, 5.41) is 5.06. The molecule has 0 aromatic heterocycles. The molecule has 1 rings (SSSR count). The molecule has 0 heterocycles. The van der Waals surface area contributed by atoms with Crippen LogP contribution in [0.2, 0.25) is 0 Å². The fourth-order valence-corrected chi connectivity index (χ4v) is 2.63. The molecule has 9 heteroatoms. The van der Waals surface area contributed by atoms with Gasteiger partial charge in [-0.05, 0) is 25.5 Å². The normalized spacial score (nSPS) is 11.3. The standard InChI is InChI=1S/C14H22FN3O4S/c1-4-23(20,21)18(2)9-5-8-16-14(19)17-11-6-7-13(22-3)12(15)10-11/h6-7,10H,4-5,8-9H2,1-3H3,(H2,16,17,19). The summed E-state index contributed by atoms with van der Waals surface area (Å²) in [5.74, 6) is -0.437. The second-order valence-electron chi connectivity index (χ2n) is 4.81. The first kappa shape index (κ1) is 19.2. The number of nitrogens with zero attached hydrogens (tertiary/aromatic N) is 1. The van der Waals surface area contributed by atoms with Crippen molar-refractivity contribution in [3.63, 3.8) is 0 Å². The Morgan fingerprint density at radius 1 is 1.39 bits per heavy atom. The third-order valence-electron chi connectivity index (χ3n) is 3.18. The van der Waals surface area contributed by atoms with Crippen LogP contribution in [0.1, 0.15) is 13.3 Å².